The monoisotopic (exact) mass is 292 g/mol. The molecule has 21 heavy (non-hydrogen) atoms. The standard InChI is InChI=1S/C15H24N4O2/c1-2-3-7-16-13-4-8-17-14(18-13)19-9-5-15(6-10-19)20-11-12-21-15/h4,8H,2-3,5-7,9-12H2,1H3,(H,16,17,18). The van der Waals surface area contributed by atoms with Gasteiger partial charge in [-0.25, -0.2) is 4.98 Å². The van der Waals surface area contributed by atoms with E-state index in [2.05, 4.69) is 27.1 Å². The molecule has 0 aliphatic carbocycles. The van der Waals surface area contributed by atoms with Gasteiger partial charge in [0.25, 0.3) is 0 Å². The van der Waals surface area contributed by atoms with Crippen LogP contribution in [0, 0.1) is 0 Å². The maximum absolute atomic E-state index is 5.75. The van der Waals surface area contributed by atoms with Gasteiger partial charge in [-0.15, -0.1) is 0 Å². The second-order valence-electron chi connectivity index (χ2n) is 5.62. The summed E-state index contributed by atoms with van der Waals surface area (Å²) in [6.45, 7) is 6.32. The third-order valence-corrected chi connectivity index (χ3v) is 4.10. The molecule has 2 fully saturated rings. The summed E-state index contributed by atoms with van der Waals surface area (Å²) in [7, 11) is 0. The molecule has 3 rings (SSSR count). The Morgan fingerprint density at radius 1 is 1.29 bits per heavy atom. The third-order valence-electron chi connectivity index (χ3n) is 4.10. The molecule has 0 saturated carbocycles. The molecule has 6 nitrogen and oxygen atoms in total. The van der Waals surface area contributed by atoms with Crippen LogP contribution in [0.5, 0.6) is 0 Å². The smallest absolute Gasteiger partial charge is 0.227 e. The van der Waals surface area contributed by atoms with E-state index in [4.69, 9.17) is 9.47 Å². The number of aromatic nitrogens is 2. The first-order valence-electron chi connectivity index (χ1n) is 7.91. The number of ether oxygens (including phenoxy) is 2. The zero-order chi connectivity index (χ0) is 14.5. The van der Waals surface area contributed by atoms with Gasteiger partial charge in [0.1, 0.15) is 5.82 Å². The summed E-state index contributed by atoms with van der Waals surface area (Å²) in [6, 6.07) is 1.92. The molecule has 3 heterocycles. The van der Waals surface area contributed by atoms with Gasteiger partial charge in [-0.2, -0.15) is 4.98 Å². The predicted molar refractivity (Wildman–Crippen MR) is 81.5 cm³/mol. The quantitative estimate of drug-likeness (QED) is 0.838. The third kappa shape index (κ3) is 3.44. The van der Waals surface area contributed by atoms with Gasteiger partial charge in [0, 0.05) is 38.7 Å². The van der Waals surface area contributed by atoms with E-state index in [1.165, 1.54) is 6.42 Å². The molecule has 0 amide bonds. The van der Waals surface area contributed by atoms with Gasteiger partial charge in [-0.1, -0.05) is 13.3 Å². The highest BCUT2D eigenvalue weighted by molar-refractivity contribution is 5.41. The van der Waals surface area contributed by atoms with Crippen molar-refractivity contribution in [3.8, 4) is 0 Å². The first kappa shape index (κ1) is 14.5. The average Bonchev–Trinajstić information content (AvgIpc) is 2.97. The summed E-state index contributed by atoms with van der Waals surface area (Å²) in [6.07, 6.45) is 5.91. The number of piperidine rings is 1. The SMILES string of the molecule is CCCCNc1ccnc(N2CCC3(CC2)OCCO3)n1. The normalized spacial score (nSPS) is 20.9. The van der Waals surface area contributed by atoms with Crippen molar-refractivity contribution in [2.45, 2.75) is 38.4 Å². The fraction of sp³-hybridized carbons (Fsp3) is 0.733. The Hall–Kier alpha value is -1.40. The molecule has 1 aromatic rings. The van der Waals surface area contributed by atoms with E-state index in [9.17, 15) is 0 Å². The molecule has 0 aromatic carbocycles. The Bertz CT molecular complexity index is 453. The van der Waals surface area contributed by atoms with Gasteiger partial charge in [-0.05, 0) is 12.5 Å². The number of rotatable bonds is 5. The largest absolute Gasteiger partial charge is 0.370 e. The lowest BCUT2D eigenvalue weighted by atomic mass is 10.0. The van der Waals surface area contributed by atoms with Crippen LogP contribution in [-0.2, 0) is 9.47 Å². The van der Waals surface area contributed by atoms with E-state index >= 15 is 0 Å². The highest BCUT2D eigenvalue weighted by atomic mass is 16.7. The molecule has 2 saturated heterocycles. The molecule has 0 radical (unpaired) electrons. The number of nitrogens with zero attached hydrogens (tertiary/aromatic N) is 3. The zero-order valence-corrected chi connectivity index (χ0v) is 12.7. The molecule has 2 aliphatic heterocycles. The Morgan fingerprint density at radius 2 is 2.05 bits per heavy atom. The van der Waals surface area contributed by atoms with Crippen LogP contribution in [0.1, 0.15) is 32.6 Å². The van der Waals surface area contributed by atoms with Crippen molar-refractivity contribution >= 4 is 11.8 Å². The minimum absolute atomic E-state index is 0.340. The second-order valence-corrected chi connectivity index (χ2v) is 5.62. The molecular formula is C15H24N4O2. The molecule has 1 spiro atoms. The number of hydrogen-bond donors (Lipinski definition) is 1. The van der Waals surface area contributed by atoms with Crippen LogP contribution in [-0.4, -0.2) is 48.6 Å². The van der Waals surface area contributed by atoms with Gasteiger partial charge < -0.3 is 19.7 Å². The van der Waals surface area contributed by atoms with Crippen LogP contribution in [0.25, 0.3) is 0 Å². The van der Waals surface area contributed by atoms with Crippen LogP contribution >= 0.6 is 0 Å². The zero-order valence-electron chi connectivity index (χ0n) is 12.7. The average molecular weight is 292 g/mol. The van der Waals surface area contributed by atoms with Gasteiger partial charge >= 0.3 is 0 Å². The Balaban J connectivity index is 1.58. The highest BCUT2D eigenvalue weighted by Gasteiger charge is 2.40. The fourth-order valence-electron chi connectivity index (χ4n) is 2.83. The maximum atomic E-state index is 5.75. The molecule has 0 atom stereocenters. The number of anilines is 2. The lowest BCUT2D eigenvalue weighted by Crippen LogP contribution is -2.45. The summed E-state index contributed by atoms with van der Waals surface area (Å²) in [5, 5.41) is 3.35. The summed E-state index contributed by atoms with van der Waals surface area (Å²) in [5.41, 5.74) is 0. The number of hydrogen-bond acceptors (Lipinski definition) is 6. The Morgan fingerprint density at radius 3 is 2.76 bits per heavy atom. The van der Waals surface area contributed by atoms with Crippen molar-refractivity contribution in [2.75, 3.05) is 43.1 Å². The van der Waals surface area contributed by atoms with Crippen molar-refractivity contribution in [1.82, 2.24) is 9.97 Å². The van der Waals surface area contributed by atoms with Crippen molar-refractivity contribution in [2.24, 2.45) is 0 Å². The fourth-order valence-corrected chi connectivity index (χ4v) is 2.83. The van der Waals surface area contributed by atoms with Crippen molar-refractivity contribution < 1.29 is 9.47 Å². The van der Waals surface area contributed by atoms with E-state index in [1.54, 1.807) is 0 Å². The summed E-state index contributed by atoms with van der Waals surface area (Å²) < 4.78 is 11.5. The molecule has 6 heteroatoms. The minimum Gasteiger partial charge on any atom is -0.370 e. The molecular weight excluding hydrogens is 268 g/mol. The van der Waals surface area contributed by atoms with E-state index < -0.39 is 0 Å². The molecule has 1 N–H and O–H groups in total. The van der Waals surface area contributed by atoms with E-state index in [-0.39, 0.29) is 5.79 Å². The van der Waals surface area contributed by atoms with Crippen LogP contribution in [0.15, 0.2) is 12.3 Å². The molecule has 0 unspecified atom stereocenters. The van der Waals surface area contributed by atoms with E-state index in [0.717, 1.165) is 50.7 Å². The second kappa shape index (κ2) is 6.58. The van der Waals surface area contributed by atoms with Crippen LogP contribution < -0.4 is 10.2 Å². The first-order chi connectivity index (χ1) is 10.3. The number of unbranched alkanes of at least 4 members (excludes halogenated alkanes) is 1. The van der Waals surface area contributed by atoms with Gasteiger partial charge in [0.2, 0.25) is 5.95 Å². The lowest BCUT2D eigenvalue weighted by Gasteiger charge is -2.37. The topological polar surface area (TPSA) is 59.5 Å². The van der Waals surface area contributed by atoms with Crippen LogP contribution in [0.2, 0.25) is 0 Å². The Kier molecular flexibility index (Phi) is 4.55. The molecule has 116 valence electrons. The van der Waals surface area contributed by atoms with Crippen molar-refractivity contribution in [3.63, 3.8) is 0 Å². The summed E-state index contributed by atoms with van der Waals surface area (Å²) >= 11 is 0. The van der Waals surface area contributed by atoms with Crippen LogP contribution in [0.3, 0.4) is 0 Å². The first-order valence-corrected chi connectivity index (χ1v) is 7.91. The predicted octanol–water partition coefficient (Wildman–Crippen LogP) is 2.03. The maximum Gasteiger partial charge on any atom is 0.227 e. The molecule has 0 bridgehead atoms. The number of nitrogens with one attached hydrogen (secondary N) is 1. The Labute approximate surface area is 125 Å². The van der Waals surface area contributed by atoms with Gasteiger partial charge in [0.05, 0.1) is 13.2 Å². The van der Waals surface area contributed by atoms with Crippen LogP contribution in [0.4, 0.5) is 11.8 Å². The van der Waals surface area contributed by atoms with Gasteiger partial charge in [0.15, 0.2) is 5.79 Å². The minimum atomic E-state index is -0.340. The summed E-state index contributed by atoms with van der Waals surface area (Å²) in [5.74, 6) is 1.36. The van der Waals surface area contributed by atoms with Crippen molar-refractivity contribution in [1.29, 1.82) is 0 Å². The lowest BCUT2D eigenvalue weighted by molar-refractivity contribution is -0.169. The van der Waals surface area contributed by atoms with Gasteiger partial charge in [-0.3, -0.25) is 0 Å². The van der Waals surface area contributed by atoms with Crippen molar-refractivity contribution in [3.05, 3.63) is 12.3 Å². The summed E-state index contributed by atoms with van der Waals surface area (Å²) in [4.78, 5) is 11.2. The van der Waals surface area contributed by atoms with E-state index in [1.807, 2.05) is 12.3 Å². The highest BCUT2D eigenvalue weighted by Crippen LogP contribution is 2.32. The molecule has 1 aromatic heterocycles. The van der Waals surface area contributed by atoms with E-state index in [0.29, 0.717) is 13.2 Å². The molecule has 2 aliphatic rings.